The highest BCUT2D eigenvalue weighted by Gasteiger charge is 2.34. The highest BCUT2D eigenvalue weighted by molar-refractivity contribution is 7.07. The number of carbonyl (C=O) groups is 1. The zero-order chi connectivity index (χ0) is 24.0. The number of esters is 1. The second kappa shape index (κ2) is 8.94. The lowest BCUT2D eigenvalue weighted by Gasteiger charge is -2.25. The van der Waals surface area contributed by atoms with E-state index in [1.165, 1.54) is 15.9 Å². The Balaban J connectivity index is 1.73. The van der Waals surface area contributed by atoms with Crippen LogP contribution >= 0.6 is 34.5 Å². The predicted octanol–water partition coefficient (Wildman–Crippen LogP) is 3.83. The molecule has 0 saturated heterocycles. The van der Waals surface area contributed by atoms with Gasteiger partial charge in [-0.05, 0) is 43.2 Å². The molecule has 0 N–H and O–H groups in total. The maximum absolute atomic E-state index is 13.7. The number of hydrogen-bond donors (Lipinski definition) is 0. The van der Waals surface area contributed by atoms with Gasteiger partial charge < -0.3 is 14.2 Å². The van der Waals surface area contributed by atoms with Crippen LogP contribution in [0.25, 0.3) is 6.08 Å². The average molecular weight is 517 g/mol. The molecule has 0 amide bonds. The molecule has 2 aromatic carbocycles. The molecule has 5 rings (SSSR count). The van der Waals surface area contributed by atoms with Crippen molar-refractivity contribution in [1.82, 2.24) is 4.57 Å². The lowest BCUT2D eigenvalue weighted by molar-refractivity contribution is -0.139. The molecule has 0 bridgehead atoms. The smallest absolute Gasteiger partial charge is 0.338 e. The van der Waals surface area contributed by atoms with Crippen LogP contribution in [0.15, 0.2) is 57.5 Å². The molecule has 2 aliphatic rings. The van der Waals surface area contributed by atoms with E-state index in [1.54, 1.807) is 50.3 Å². The van der Waals surface area contributed by atoms with E-state index in [2.05, 4.69) is 4.99 Å². The Morgan fingerprint density at radius 2 is 1.97 bits per heavy atom. The Hall–Kier alpha value is -3.07. The molecule has 3 heterocycles. The highest BCUT2D eigenvalue weighted by atomic mass is 35.5. The Labute approximate surface area is 208 Å². The van der Waals surface area contributed by atoms with Gasteiger partial charge in [-0.15, -0.1) is 0 Å². The first-order valence-corrected chi connectivity index (χ1v) is 12.0. The van der Waals surface area contributed by atoms with Crippen molar-refractivity contribution in [2.45, 2.75) is 19.9 Å². The molecule has 1 aromatic heterocycles. The lowest BCUT2D eigenvalue weighted by atomic mass is 9.96. The molecule has 3 aromatic rings. The number of rotatable bonds is 4. The number of fused-ring (bicyclic) bond motifs is 2. The number of thiazole rings is 1. The monoisotopic (exact) mass is 516 g/mol. The number of benzene rings is 2. The second-order valence-electron chi connectivity index (χ2n) is 7.55. The largest absolute Gasteiger partial charge is 0.463 e. The van der Waals surface area contributed by atoms with E-state index in [-0.39, 0.29) is 24.5 Å². The Morgan fingerprint density at radius 1 is 1.24 bits per heavy atom. The first kappa shape index (κ1) is 22.7. The van der Waals surface area contributed by atoms with Gasteiger partial charge in [-0.1, -0.05) is 52.7 Å². The fourth-order valence-electron chi connectivity index (χ4n) is 3.97. The van der Waals surface area contributed by atoms with Crippen LogP contribution in [0.4, 0.5) is 0 Å². The average Bonchev–Trinajstić information content (AvgIpc) is 3.37. The van der Waals surface area contributed by atoms with Crippen molar-refractivity contribution in [3.8, 4) is 11.5 Å². The minimum absolute atomic E-state index is 0.116. The molecular weight excluding hydrogens is 499 g/mol. The summed E-state index contributed by atoms with van der Waals surface area (Å²) in [6, 6.07) is 9.71. The van der Waals surface area contributed by atoms with Gasteiger partial charge in [-0.25, -0.2) is 9.79 Å². The summed E-state index contributed by atoms with van der Waals surface area (Å²) < 4.78 is 18.0. The molecule has 0 aliphatic carbocycles. The standard InChI is InChI=1S/C24H18Cl2N2O5S/c1-3-31-23(30)20-12(2)27-24-28(21(20)14-6-4-5-7-15(14)25)22(29)19(34-24)9-13-8-17-18(10-16(13)26)33-11-32-17/h4-10,21H,3,11H2,1-2H3. The summed E-state index contributed by atoms with van der Waals surface area (Å²) in [5.74, 6) is 0.566. The first-order valence-electron chi connectivity index (χ1n) is 10.4. The Kier molecular flexibility index (Phi) is 5.97. The van der Waals surface area contributed by atoms with Crippen molar-refractivity contribution in [3.63, 3.8) is 0 Å². The Bertz CT molecular complexity index is 1540. The van der Waals surface area contributed by atoms with Crippen molar-refractivity contribution in [1.29, 1.82) is 0 Å². The van der Waals surface area contributed by atoms with Crippen molar-refractivity contribution in [2.75, 3.05) is 13.4 Å². The zero-order valence-corrected chi connectivity index (χ0v) is 20.5. The van der Waals surface area contributed by atoms with Crippen LogP contribution in [0.3, 0.4) is 0 Å². The van der Waals surface area contributed by atoms with Crippen molar-refractivity contribution in [3.05, 3.63) is 88.5 Å². The lowest BCUT2D eigenvalue weighted by Crippen LogP contribution is -2.40. The third kappa shape index (κ3) is 3.81. The molecule has 34 heavy (non-hydrogen) atoms. The summed E-state index contributed by atoms with van der Waals surface area (Å²) in [7, 11) is 0. The number of hydrogen-bond acceptors (Lipinski definition) is 7. The summed E-state index contributed by atoms with van der Waals surface area (Å²) in [6.45, 7) is 3.76. The molecule has 0 saturated carbocycles. The first-order chi connectivity index (χ1) is 16.4. The fourth-order valence-corrected chi connectivity index (χ4v) is 5.45. The van der Waals surface area contributed by atoms with Crippen LogP contribution in [0, 0.1) is 0 Å². The van der Waals surface area contributed by atoms with Crippen LogP contribution in [0.2, 0.25) is 10.0 Å². The van der Waals surface area contributed by atoms with E-state index in [1.807, 2.05) is 6.07 Å². The van der Waals surface area contributed by atoms with Gasteiger partial charge in [0.15, 0.2) is 16.3 Å². The quantitative estimate of drug-likeness (QED) is 0.492. The molecule has 174 valence electrons. The van der Waals surface area contributed by atoms with Crippen LogP contribution < -0.4 is 24.4 Å². The maximum atomic E-state index is 13.7. The molecule has 1 atom stereocenters. The summed E-state index contributed by atoms with van der Waals surface area (Å²) in [5.41, 5.74) is 1.63. The number of ether oxygens (including phenoxy) is 3. The predicted molar refractivity (Wildman–Crippen MR) is 129 cm³/mol. The van der Waals surface area contributed by atoms with Gasteiger partial charge in [0.1, 0.15) is 6.04 Å². The topological polar surface area (TPSA) is 79.1 Å². The number of carbonyl (C=O) groups excluding carboxylic acids is 1. The number of nitrogens with zero attached hydrogens (tertiary/aromatic N) is 2. The van der Waals surface area contributed by atoms with E-state index in [4.69, 9.17) is 37.4 Å². The fraction of sp³-hybridized carbons (Fsp3) is 0.208. The SMILES string of the molecule is CCOC(=O)C1=C(C)N=c2sc(=Cc3cc4c(cc3Cl)OCO4)c(=O)n2C1c1ccccc1Cl. The van der Waals surface area contributed by atoms with Gasteiger partial charge in [-0.2, -0.15) is 0 Å². The third-order valence-electron chi connectivity index (χ3n) is 5.50. The molecule has 0 radical (unpaired) electrons. The third-order valence-corrected chi connectivity index (χ3v) is 7.15. The molecule has 0 fully saturated rings. The summed E-state index contributed by atoms with van der Waals surface area (Å²) in [4.78, 5) is 31.6. The van der Waals surface area contributed by atoms with E-state index >= 15 is 0 Å². The minimum Gasteiger partial charge on any atom is -0.463 e. The van der Waals surface area contributed by atoms with Gasteiger partial charge >= 0.3 is 5.97 Å². The minimum atomic E-state index is -0.779. The Morgan fingerprint density at radius 3 is 2.71 bits per heavy atom. The molecule has 2 aliphatic heterocycles. The molecule has 1 unspecified atom stereocenters. The van der Waals surface area contributed by atoms with Crippen LogP contribution in [0.5, 0.6) is 11.5 Å². The normalized spacial score (nSPS) is 16.9. The number of allylic oxidation sites excluding steroid dienone is 1. The van der Waals surface area contributed by atoms with E-state index in [0.717, 1.165) is 0 Å². The van der Waals surface area contributed by atoms with Gasteiger partial charge in [0.05, 0.1) is 27.4 Å². The van der Waals surface area contributed by atoms with E-state index < -0.39 is 12.0 Å². The van der Waals surface area contributed by atoms with Gasteiger partial charge in [-0.3, -0.25) is 9.36 Å². The molecular formula is C24H18Cl2N2O5S. The van der Waals surface area contributed by atoms with Crippen LogP contribution in [-0.2, 0) is 9.53 Å². The molecule has 0 spiro atoms. The number of aromatic nitrogens is 1. The van der Waals surface area contributed by atoms with Crippen molar-refractivity contribution >= 4 is 46.6 Å². The van der Waals surface area contributed by atoms with Crippen LogP contribution in [-0.4, -0.2) is 23.9 Å². The van der Waals surface area contributed by atoms with Crippen LogP contribution in [0.1, 0.15) is 31.0 Å². The van der Waals surface area contributed by atoms with Crippen molar-refractivity contribution < 1.29 is 19.0 Å². The molecule has 7 nitrogen and oxygen atoms in total. The molecule has 10 heteroatoms. The van der Waals surface area contributed by atoms with E-state index in [0.29, 0.717) is 47.7 Å². The maximum Gasteiger partial charge on any atom is 0.338 e. The van der Waals surface area contributed by atoms with Gasteiger partial charge in [0, 0.05) is 11.1 Å². The van der Waals surface area contributed by atoms with Crippen molar-refractivity contribution in [2.24, 2.45) is 4.99 Å². The highest BCUT2D eigenvalue weighted by Crippen LogP contribution is 2.37. The summed E-state index contributed by atoms with van der Waals surface area (Å²) >= 11 is 14.1. The van der Waals surface area contributed by atoms with E-state index in [9.17, 15) is 9.59 Å². The second-order valence-corrected chi connectivity index (χ2v) is 9.37. The summed E-state index contributed by atoms with van der Waals surface area (Å²) in [6.07, 6.45) is 1.68. The number of halogens is 2. The zero-order valence-electron chi connectivity index (χ0n) is 18.1. The van der Waals surface area contributed by atoms with Gasteiger partial charge in [0.25, 0.3) is 5.56 Å². The summed E-state index contributed by atoms with van der Waals surface area (Å²) in [5, 5.41) is 0.846. The van der Waals surface area contributed by atoms with Gasteiger partial charge in [0.2, 0.25) is 6.79 Å².